The summed E-state index contributed by atoms with van der Waals surface area (Å²) in [6, 6.07) is 19.5. The van der Waals surface area contributed by atoms with Crippen LogP contribution in [0.3, 0.4) is 0 Å². The van der Waals surface area contributed by atoms with E-state index >= 15 is 0 Å². The zero-order valence-electron chi connectivity index (χ0n) is 19.1. The number of hydrogen-bond acceptors (Lipinski definition) is 4. The van der Waals surface area contributed by atoms with Gasteiger partial charge in [0.2, 0.25) is 0 Å². The van der Waals surface area contributed by atoms with Crippen LogP contribution < -0.4 is 5.32 Å². The van der Waals surface area contributed by atoms with Crippen LogP contribution in [0.5, 0.6) is 5.75 Å². The average molecular weight is 438 g/mol. The number of ketones is 1. The molecule has 0 radical (unpaired) electrons. The first kappa shape index (κ1) is 21.1. The van der Waals surface area contributed by atoms with Gasteiger partial charge in [-0.1, -0.05) is 42.5 Å². The fraction of sp³-hybridized carbons (Fsp3) is 0.286. The first-order chi connectivity index (χ1) is 15.8. The minimum Gasteiger partial charge on any atom is -0.508 e. The van der Waals surface area contributed by atoms with Crippen LogP contribution in [-0.2, 0) is 10.3 Å². The Morgan fingerprint density at radius 3 is 2.36 bits per heavy atom. The molecule has 0 spiro atoms. The summed E-state index contributed by atoms with van der Waals surface area (Å²) in [6.07, 6.45) is 3.06. The Morgan fingerprint density at radius 2 is 1.73 bits per heavy atom. The molecule has 5 nitrogen and oxygen atoms in total. The second kappa shape index (κ2) is 7.67. The number of nitrogens with zero attached hydrogens (tertiary/aromatic N) is 2. The summed E-state index contributed by atoms with van der Waals surface area (Å²) in [5, 5.41) is 23.5. The Morgan fingerprint density at radius 1 is 1.03 bits per heavy atom. The van der Waals surface area contributed by atoms with E-state index in [0.29, 0.717) is 12.0 Å². The molecule has 33 heavy (non-hydrogen) atoms. The van der Waals surface area contributed by atoms with E-state index in [-0.39, 0.29) is 28.9 Å². The highest BCUT2D eigenvalue weighted by atomic mass is 16.3. The maximum Gasteiger partial charge on any atom is 0.162 e. The van der Waals surface area contributed by atoms with Crippen molar-refractivity contribution in [2.24, 2.45) is 0 Å². The van der Waals surface area contributed by atoms with Gasteiger partial charge in [0.1, 0.15) is 17.6 Å². The summed E-state index contributed by atoms with van der Waals surface area (Å²) >= 11 is 0. The Bertz CT molecular complexity index is 1300. The van der Waals surface area contributed by atoms with E-state index in [4.69, 9.17) is 0 Å². The predicted octanol–water partition coefficient (Wildman–Crippen LogP) is 5.78. The predicted molar refractivity (Wildman–Crippen MR) is 128 cm³/mol. The third kappa shape index (κ3) is 3.52. The van der Waals surface area contributed by atoms with Gasteiger partial charge in [0.15, 0.2) is 5.78 Å². The number of nitriles is 1. The van der Waals surface area contributed by atoms with Gasteiger partial charge in [0, 0.05) is 40.9 Å². The second-order valence-electron chi connectivity index (χ2n) is 9.94. The number of phenols is 1. The number of allylic oxidation sites excluding steroid dienone is 2. The summed E-state index contributed by atoms with van der Waals surface area (Å²) in [5.41, 5.74) is 4.88. The van der Waals surface area contributed by atoms with Crippen molar-refractivity contribution in [3.63, 3.8) is 0 Å². The SMILES string of the molecule is CC(C)(C)n1cc(C#N)c2c1NC1=C(C(=O)C[C@H](c3ccccc3)C1)[C@H]2c1ccc(O)cc1. The quantitative estimate of drug-likeness (QED) is 0.533. The Labute approximate surface area is 194 Å². The lowest BCUT2D eigenvalue weighted by Gasteiger charge is -2.37. The van der Waals surface area contributed by atoms with Gasteiger partial charge in [-0.15, -0.1) is 0 Å². The maximum atomic E-state index is 13.6. The van der Waals surface area contributed by atoms with E-state index in [0.717, 1.165) is 40.2 Å². The van der Waals surface area contributed by atoms with E-state index in [2.05, 4.69) is 48.9 Å². The smallest absolute Gasteiger partial charge is 0.162 e. The summed E-state index contributed by atoms with van der Waals surface area (Å²) in [6.45, 7) is 6.32. The third-order valence-corrected chi connectivity index (χ3v) is 6.74. The molecule has 2 aliphatic rings. The van der Waals surface area contributed by atoms with Crippen molar-refractivity contribution in [3.8, 4) is 11.8 Å². The van der Waals surface area contributed by atoms with Crippen molar-refractivity contribution < 1.29 is 9.90 Å². The number of aromatic hydroxyl groups is 1. The van der Waals surface area contributed by atoms with Gasteiger partial charge in [-0.05, 0) is 56.4 Å². The maximum absolute atomic E-state index is 13.6. The molecule has 0 bridgehead atoms. The summed E-state index contributed by atoms with van der Waals surface area (Å²) < 4.78 is 2.11. The number of carbonyl (C=O) groups excluding carboxylic acids is 1. The monoisotopic (exact) mass is 437 g/mol. The standard InChI is InChI=1S/C28H27N3O2/c1-28(2,3)31-16-20(15-29)25-24(18-9-11-21(32)12-10-18)26-22(30-27(25)31)13-19(14-23(26)33)17-7-5-4-6-8-17/h4-12,16,19,24,30,32H,13-14H2,1-3H3/t19-,24+/m1/s1. The van der Waals surface area contributed by atoms with Gasteiger partial charge in [0.05, 0.1) is 5.56 Å². The molecule has 0 unspecified atom stereocenters. The van der Waals surface area contributed by atoms with Gasteiger partial charge < -0.3 is 15.0 Å². The molecule has 1 aliphatic carbocycles. The van der Waals surface area contributed by atoms with Crippen molar-refractivity contribution >= 4 is 11.6 Å². The van der Waals surface area contributed by atoms with Crippen LogP contribution >= 0.6 is 0 Å². The molecule has 166 valence electrons. The van der Waals surface area contributed by atoms with Crippen LogP contribution in [0.2, 0.25) is 0 Å². The molecule has 3 aromatic rings. The highest BCUT2D eigenvalue weighted by Crippen LogP contribution is 2.50. The number of hydrogen-bond donors (Lipinski definition) is 2. The minimum atomic E-state index is -0.348. The summed E-state index contributed by atoms with van der Waals surface area (Å²) in [4.78, 5) is 13.6. The molecule has 2 atom stereocenters. The van der Waals surface area contributed by atoms with Crippen LogP contribution in [0, 0.1) is 11.3 Å². The number of aromatic nitrogens is 1. The number of fused-ring (bicyclic) bond motifs is 1. The van der Waals surface area contributed by atoms with Crippen molar-refractivity contribution in [1.82, 2.24) is 4.57 Å². The fourth-order valence-corrected chi connectivity index (χ4v) is 5.19. The van der Waals surface area contributed by atoms with E-state index in [1.165, 1.54) is 0 Å². The topological polar surface area (TPSA) is 78.0 Å². The van der Waals surface area contributed by atoms with E-state index in [9.17, 15) is 15.2 Å². The van der Waals surface area contributed by atoms with Crippen molar-refractivity contribution in [2.45, 2.75) is 51.0 Å². The zero-order chi connectivity index (χ0) is 23.3. The lowest BCUT2D eigenvalue weighted by Crippen LogP contribution is -2.32. The van der Waals surface area contributed by atoms with Crippen LogP contribution in [0.25, 0.3) is 0 Å². The Kier molecular flexibility index (Phi) is 4.90. The van der Waals surface area contributed by atoms with Crippen LogP contribution in [-0.4, -0.2) is 15.5 Å². The van der Waals surface area contributed by atoms with Gasteiger partial charge in [0.25, 0.3) is 0 Å². The zero-order valence-corrected chi connectivity index (χ0v) is 19.1. The molecule has 5 rings (SSSR count). The molecule has 2 N–H and O–H groups in total. The Hall–Kier alpha value is -3.78. The van der Waals surface area contributed by atoms with Gasteiger partial charge in [-0.2, -0.15) is 5.26 Å². The summed E-state index contributed by atoms with van der Waals surface area (Å²) in [5.74, 6) is 0.917. The highest BCUT2D eigenvalue weighted by Gasteiger charge is 2.42. The lowest BCUT2D eigenvalue weighted by molar-refractivity contribution is -0.116. The first-order valence-corrected chi connectivity index (χ1v) is 11.3. The highest BCUT2D eigenvalue weighted by molar-refractivity contribution is 6.02. The number of rotatable bonds is 2. The van der Waals surface area contributed by atoms with Crippen LogP contribution in [0.15, 0.2) is 72.1 Å². The van der Waals surface area contributed by atoms with Gasteiger partial charge >= 0.3 is 0 Å². The Balaban J connectivity index is 1.72. The molecule has 0 fully saturated rings. The summed E-state index contributed by atoms with van der Waals surface area (Å²) in [7, 11) is 0. The number of carbonyl (C=O) groups is 1. The number of benzene rings is 2. The largest absolute Gasteiger partial charge is 0.508 e. The number of Topliss-reactive ketones (excluding diaryl/α,β-unsaturated/α-hetero) is 1. The molecule has 0 amide bonds. The molecule has 1 aromatic heterocycles. The van der Waals surface area contributed by atoms with Crippen molar-refractivity contribution in [3.05, 3.63) is 94.3 Å². The lowest BCUT2D eigenvalue weighted by atomic mass is 9.72. The van der Waals surface area contributed by atoms with E-state index in [1.54, 1.807) is 12.1 Å². The fourth-order valence-electron chi connectivity index (χ4n) is 5.19. The molecule has 0 saturated heterocycles. The van der Waals surface area contributed by atoms with Crippen molar-refractivity contribution in [1.29, 1.82) is 5.26 Å². The van der Waals surface area contributed by atoms with Crippen LogP contribution in [0.4, 0.5) is 5.82 Å². The normalized spacial score (nSPS) is 20.0. The molecule has 2 aromatic carbocycles. The van der Waals surface area contributed by atoms with E-state index < -0.39 is 0 Å². The first-order valence-electron chi connectivity index (χ1n) is 11.3. The number of anilines is 1. The molecule has 0 saturated carbocycles. The van der Waals surface area contributed by atoms with Gasteiger partial charge in [-0.25, -0.2) is 0 Å². The minimum absolute atomic E-state index is 0.105. The molecule has 2 heterocycles. The molecular formula is C28H27N3O2. The number of nitrogens with one attached hydrogen (secondary N) is 1. The molecule has 1 aliphatic heterocycles. The van der Waals surface area contributed by atoms with Crippen LogP contribution in [0.1, 0.15) is 67.7 Å². The molecular weight excluding hydrogens is 410 g/mol. The van der Waals surface area contributed by atoms with Gasteiger partial charge in [-0.3, -0.25) is 4.79 Å². The van der Waals surface area contributed by atoms with E-state index in [1.807, 2.05) is 36.5 Å². The average Bonchev–Trinajstić information content (AvgIpc) is 3.18. The molecule has 5 heteroatoms. The second-order valence-corrected chi connectivity index (χ2v) is 9.94. The third-order valence-electron chi connectivity index (χ3n) is 6.74. The number of phenolic OH excluding ortho intramolecular Hbond substituents is 1. The van der Waals surface area contributed by atoms with Crippen molar-refractivity contribution in [2.75, 3.05) is 5.32 Å².